The maximum Gasteiger partial charge on any atom is 0.161 e. The Balaban J connectivity index is 1.93. The lowest BCUT2D eigenvalue weighted by atomic mass is 10.1. The van der Waals surface area contributed by atoms with Crippen molar-refractivity contribution in [3.8, 4) is 11.5 Å². The van der Waals surface area contributed by atoms with E-state index in [0.717, 1.165) is 25.5 Å². The van der Waals surface area contributed by atoms with Crippen LogP contribution in [0.4, 0.5) is 0 Å². The number of hydrogen-bond acceptors (Lipinski definition) is 4. The molecule has 1 atom stereocenters. The van der Waals surface area contributed by atoms with Crippen LogP contribution in [0.1, 0.15) is 21.4 Å². The monoisotopic (exact) mass is 340 g/mol. The molecule has 1 N–H and O–H groups in total. The molecule has 5 heteroatoms. The number of aliphatic hydroxyl groups is 1. The van der Waals surface area contributed by atoms with E-state index >= 15 is 0 Å². The molecule has 0 fully saturated rings. The minimum absolute atomic E-state index is 0.552. The van der Waals surface area contributed by atoms with Gasteiger partial charge in [-0.2, -0.15) is 0 Å². The topological polar surface area (TPSA) is 38.7 Å². The fourth-order valence-corrected chi connectivity index (χ4v) is 3.59. The molecule has 3 nitrogen and oxygen atoms in total. The fraction of sp³-hybridized carbons (Fsp3) is 0.286. The van der Waals surface area contributed by atoms with E-state index in [1.54, 1.807) is 11.3 Å². The Hall–Kier alpha value is -1.04. The largest absolute Gasteiger partial charge is 0.486 e. The Bertz CT molecular complexity index is 589. The maximum atomic E-state index is 10.4. The first kappa shape index (κ1) is 13.0. The summed E-state index contributed by atoms with van der Waals surface area (Å²) in [5.74, 6) is 1.45. The standard InChI is InChI=1S/C14H13BrO3S/c1-8-10(15)7-13(19-8)14(16)9-2-3-11-12(6-9)18-5-4-17-11/h2-3,6-7,14,16H,4-5H2,1H3. The molecule has 1 aromatic heterocycles. The van der Waals surface area contributed by atoms with Gasteiger partial charge in [0.05, 0.1) is 0 Å². The summed E-state index contributed by atoms with van der Waals surface area (Å²) in [5.41, 5.74) is 0.818. The third-order valence-corrected chi connectivity index (χ3v) is 5.22. The van der Waals surface area contributed by atoms with Crippen LogP contribution in [-0.4, -0.2) is 18.3 Å². The van der Waals surface area contributed by atoms with Crippen LogP contribution in [0, 0.1) is 6.92 Å². The number of halogens is 1. The summed E-state index contributed by atoms with van der Waals surface area (Å²) < 4.78 is 12.0. The summed E-state index contributed by atoms with van der Waals surface area (Å²) in [4.78, 5) is 2.08. The number of ether oxygens (including phenoxy) is 2. The minimum atomic E-state index is -0.633. The highest BCUT2D eigenvalue weighted by atomic mass is 79.9. The second kappa shape index (κ2) is 5.15. The van der Waals surface area contributed by atoms with Gasteiger partial charge in [0.1, 0.15) is 19.3 Å². The van der Waals surface area contributed by atoms with Gasteiger partial charge in [-0.25, -0.2) is 0 Å². The van der Waals surface area contributed by atoms with Gasteiger partial charge in [0, 0.05) is 14.2 Å². The van der Waals surface area contributed by atoms with Crippen molar-refractivity contribution in [3.05, 3.63) is 44.1 Å². The number of rotatable bonds is 2. The van der Waals surface area contributed by atoms with Crippen molar-refractivity contribution in [1.82, 2.24) is 0 Å². The van der Waals surface area contributed by atoms with Crippen LogP contribution in [0.15, 0.2) is 28.7 Å². The van der Waals surface area contributed by atoms with Gasteiger partial charge in [-0.15, -0.1) is 11.3 Å². The van der Waals surface area contributed by atoms with Gasteiger partial charge >= 0.3 is 0 Å². The van der Waals surface area contributed by atoms with Gasteiger partial charge in [-0.05, 0) is 46.6 Å². The molecule has 2 aromatic rings. The highest BCUT2D eigenvalue weighted by molar-refractivity contribution is 9.10. The molecule has 0 amide bonds. The van der Waals surface area contributed by atoms with Crippen LogP contribution in [-0.2, 0) is 0 Å². The molecular weight excluding hydrogens is 328 g/mol. The summed E-state index contributed by atoms with van der Waals surface area (Å²) >= 11 is 5.06. The van der Waals surface area contributed by atoms with Crippen LogP contribution in [0.5, 0.6) is 11.5 Å². The average Bonchev–Trinajstić information content (AvgIpc) is 2.77. The van der Waals surface area contributed by atoms with Crippen molar-refractivity contribution in [2.45, 2.75) is 13.0 Å². The molecule has 0 spiro atoms. The zero-order chi connectivity index (χ0) is 13.4. The van der Waals surface area contributed by atoms with Crippen LogP contribution in [0.3, 0.4) is 0 Å². The van der Waals surface area contributed by atoms with Crippen LogP contribution < -0.4 is 9.47 Å². The molecule has 0 aliphatic carbocycles. The third-order valence-electron chi connectivity index (χ3n) is 3.03. The van der Waals surface area contributed by atoms with Gasteiger partial charge in [-0.3, -0.25) is 0 Å². The Morgan fingerprint density at radius 3 is 2.63 bits per heavy atom. The number of benzene rings is 1. The molecule has 3 rings (SSSR count). The Morgan fingerprint density at radius 2 is 1.95 bits per heavy atom. The van der Waals surface area contributed by atoms with Crippen LogP contribution in [0.25, 0.3) is 0 Å². The smallest absolute Gasteiger partial charge is 0.161 e. The van der Waals surface area contributed by atoms with Gasteiger partial charge in [0.15, 0.2) is 11.5 Å². The molecule has 0 saturated carbocycles. The second-order valence-electron chi connectivity index (χ2n) is 4.36. The van der Waals surface area contributed by atoms with E-state index in [-0.39, 0.29) is 0 Å². The number of aryl methyl sites for hydroxylation is 1. The molecule has 0 bridgehead atoms. The molecule has 0 saturated heterocycles. The predicted octanol–water partition coefficient (Wildman–Crippen LogP) is 3.67. The fourth-order valence-electron chi connectivity index (χ4n) is 2.01. The Labute approximate surface area is 123 Å². The second-order valence-corrected chi connectivity index (χ2v) is 6.50. The van der Waals surface area contributed by atoms with Crippen molar-refractivity contribution in [2.75, 3.05) is 13.2 Å². The molecule has 19 heavy (non-hydrogen) atoms. The predicted molar refractivity (Wildman–Crippen MR) is 78.2 cm³/mol. The molecule has 1 aromatic carbocycles. The van der Waals surface area contributed by atoms with Crippen LogP contribution in [0.2, 0.25) is 0 Å². The van der Waals surface area contributed by atoms with Crippen molar-refractivity contribution < 1.29 is 14.6 Å². The Morgan fingerprint density at radius 1 is 1.21 bits per heavy atom. The highest BCUT2D eigenvalue weighted by Crippen LogP contribution is 2.37. The van der Waals surface area contributed by atoms with Gasteiger partial charge in [-0.1, -0.05) is 6.07 Å². The Kier molecular flexibility index (Phi) is 3.52. The molecule has 100 valence electrons. The first-order valence-corrected chi connectivity index (χ1v) is 7.59. The van der Waals surface area contributed by atoms with E-state index in [2.05, 4.69) is 15.9 Å². The first-order valence-electron chi connectivity index (χ1n) is 5.98. The van der Waals surface area contributed by atoms with Gasteiger partial charge in [0.2, 0.25) is 0 Å². The number of thiophene rings is 1. The zero-order valence-corrected chi connectivity index (χ0v) is 12.8. The minimum Gasteiger partial charge on any atom is -0.486 e. The molecule has 0 radical (unpaired) electrons. The summed E-state index contributed by atoms with van der Waals surface area (Å²) in [6, 6.07) is 7.54. The first-order chi connectivity index (χ1) is 9.15. The molecule has 1 aliphatic heterocycles. The third kappa shape index (κ3) is 2.50. The average molecular weight is 341 g/mol. The van der Waals surface area contributed by atoms with Crippen molar-refractivity contribution in [2.24, 2.45) is 0 Å². The highest BCUT2D eigenvalue weighted by Gasteiger charge is 2.18. The van der Waals surface area contributed by atoms with Crippen molar-refractivity contribution in [3.63, 3.8) is 0 Å². The van der Waals surface area contributed by atoms with E-state index in [4.69, 9.17) is 9.47 Å². The molecule has 2 heterocycles. The van der Waals surface area contributed by atoms with E-state index in [9.17, 15) is 5.11 Å². The SMILES string of the molecule is Cc1sc(C(O)c2ccc3c(c2)OCCO3)cc1Br. The molecule has 1 aliphatic rings. The maximum absolute atomic E-state index is 10.4. The van der Waals surface area contributed by atoms with Crippen LogP contribution >= 0.6 is 27.3 Å². The van der Waals surface area contributed by atoms with E-state index in [1.807, 2.05) is 31.2 Å². The van der Waals surface area contributed by atoms with Crippen molar-refractivity contribution >= 4 is 27.3 Å². The number of hydrogen-bond donors (Lipinski definition) is 1. The zero-order valence-electron chi connectivity index (χ0n) is 10.4. The molecular formula is C14H13BrO3S. The summed E-state index contributed by atoms with van der Waals surface area (Å²) in [7, 11) is 0. The number of aliphatic hydroxyl groups excluding tert-OH is 1. The van der Waals surface area contributed by atoms with E-state index < -0.39 is 6.10 Å². The van der Waals surface area contributed by atoms with E-state index in [1.165, 1.54) is 0 Å². The summed E-state index contributed by atoms with van der Waals surface area (Å²) in [6.45, 7) is 3.15. The van der Waals surface area contributed by atoms with Gasteiger partial charge < -0.3 is 14.6 Å². The normalized spacial score (nSPS) is 15.3. The lowest BCUT2D eigenvalue weighted by Crippen LogP contribution is -2.15. The molecule has 1 unspecified atom stereocenters. The quantitative estimate of drug-likeness (QED) is 0.906. The summed E-state index contributed by atoms with van der Waals surface area (Å²) in [5, 5.41) is 10.4. The lowest BCUT2D eigenvalue weighted by molar-refractivity contribution is 0.170. The number of fused-ring (bicyclic) bond motifs is 1. The van der Waals surface area contributed by atoms with Gasteiger partial charge in [0.25, 0.3) is 0 Å². The lowest BCUT2D eigenvalue weighted by Gasteiger charge is -2.20. The summed E-state index contributed by atoms with van der Waals surface area (Å²) in [6.07, 6.45) is -0.633. The van der Waals surface area contributed by atoms with E-state index in [0.29, 0.717) is 19.0 Å². The van der Waals surface area contributed by atoms with Crippen molar-refractivity contribution in [1.29, 1.82) is 0 Å².